The van der Waals surface area contributed by atoms with Crippen LogP contribution < -0.4 is 0 Å². The molecule has 4 heteroatoms. The van der Waals surface area contributed by atoms with E-state index in [4.69, 9.17) is 0 Å². The van der Waals surface area contributed by atoms with E-state index in [9.17, 15) is 4.39 Å². The second kappa shape index (κ2) is 3.66. The molecule has 84 valence electrons. The average molecular weight is 227 g/mol. The Kier molecular flexibility index (Phi) is 2.14. The summed E-state index contributed by atoms with van der Waals surface area (Å²) in [7, 11) is 0. The van der Waals surface area contributed by atoms with Gasteiger partial charge in [0.1, 0.15) is 11.3 Å². The first-order chi connectivity index (χ1) is 8.25. The number of benzene rings is 1. The summed E-state index contributed by atoms with van der Waals surface area (Å²) >= 11 is 0. The highest BCUT2D eigenvalue weighted by Crippen LogP contribution is 2.23. The molecular weight excluding hydrogens is 217 g/mol. The highest BCUT2D eigenvalue weighted by atomic mass is 19.1. The van der Waals surface area contributed by atoms with Crippen LogP contribution in [0.1, 0.15) is 5.69 Å². The van der Waals surface area contributed by atoms with E-state index in [0.717, 1.165) is 16.8 Å². The number of halogens is 1. The molecule has 0 aliphatic rings. The lowest BCUT2D eigenvalue weighted by Gasteiger charge is -2.07. The van der Waals surface area contributed by atoms with Gasteiger partial charge in [-0.25, -0.2) is 14.1 Å². The fourth-order valence-corrected chi connectivity index (χ4v) is 1.88. The van der Waals surface area contributed by atoms with E-state index in [1.807, 2.05) is 31.3 Å². The van der Waals surface area contributed by atoms with Crippen molar-refractivity contribution in [1.82, 2.24) is 14.8 Å². The van der Waals surface area contributed by atoms with Crippen LogP contribution in [-0.2, 0) is 0 Å². The standard InChI is InChI=1S/C13H10FN3/c1-9-3-4-10-12(17-8-2-7-15-17)6-5-11(14)13(10)16-9/h2-8H,1H3. The van der Waals surface area contributed by atoms with Gasteiger partial charge in [-0.15, -0.1) is 0 Å². The lowest BCUT2D eigenvalue weighted by atomic mass is 10.1. The molecule has 0 spiro atoms. The zero-order chi connectivity index (χ0) is 11.8. The molecule has 0 atom stereocenters. The fourth-order valence-electron chi connectivity index (χ4n) is 1.88. The van der Waals surface area contributed by atoms with E-state index in [2.05, 4.69) is 10.1 Å². The number of fused-ring (bicyclic) bond motifs is 1. The van der Waals surface area contributed by atoms with Crippen molar-refractivity contribution in [2.45, 2.75) is 6.92 Å². The highest BCUT2D eigenvalue weighted by Gasteiger charge is 2.08. The molecule has 2 aromatic heterocycles. The molecule has 0 saturated heterocycles. The predicted molar refractivity (Wildman–Crippen MR) is 63.6 cm³/mol. The molecule has 0 unspecified atom stereocenters. The Labute approximate surface area is 97.5 Å². The van der Waals surface area contributed by atoms with E-state index < -0.39 is 0 Å². The molecule has 0 N–H and O–H groups in total. The van der Waals surface area contributed by atoms with Gasteiger partial charge in [-0.1, -0.05) is 0 Å². The molecule has 3 aromatic rings. The van der Waals surface area contributed by atoms with Crippen LogP contribution in [0.25, 0.3) is 16.6 Å². The van der Waals surface area contributed by atoms with Crippen molar-refractivity contribution < 1.29 is 4.39 Å². The van der Waals surface area contributed by atoms with E-state index in [1.54, 1.807) is 16.9 Å². The summed E-state index contributed by atoms with van der Waals surface area (Å²) in [5, 5.41) is 4.92. The normalized spacial score (nSPS) is 10.9. The Morgan fingerprint density at radius 3 is 2.82 bits per heavy atom. The second-order valence-electron chi connectivity index (χ2n) is 3.87. The molecule has 0 bridgehead atoms. The monoisotopic (exact) mass is 227 g/mol. The lowest BCUT2D eigenvalue weighted by molar-refractivity contribution is 0.636. The smallest absolute Gasteiger partial charge is 0.149 e. The van der Waals surface area contributed by atoms with Gasteiger partial charge >= 0.3 is 0 Å². The van der Waals surface area contributed by atoms with Crippen molar-refractivity contribution in [2.24, 2.45) is 0 Å². The van der Waals surface area contributed by atoms with Gasteiger partial charge in [-0.3, -0.25) is 0 Å². The minimum atomic E-state index is -0.306. The minimum Gasteiger partial charge on any atom is -0.250 e. The molecule has 17 heavy (non-hydrogen) atoms. The van der Waals surface area contributed by atoms with Gasteiger partial charge in [-0.2, -0.15) is 5.10 Å². The van der Waals surface area contributed by atoms with Crippen molar-refractivity contribution >= 4 is 10.9 Å². The number of rotatable bonds is 1. The number of hydrogen-bond donors (Lipinski definition) is 0. The maximum atomic E-state index is 13.7. The molecule has 0 fully saturated rings. The number of nitrogens with zero attached hydrogens (tertiary/aromatic N) is 3. The Morgan fingerprint density at radius 2 is 2.06 bits per heavy atom. The van der Waals surface area contributed by atoms with Gasteiger partial charge in [0.15, 0.2) is 0 Å². The molecule has 2 heterocycles. The van der Waals surface area contributed by atoms with Crippen LogP contribution in [0.3, 0.4) is 0 Å². The number of pyridine rings is 1. The zero-order valence-corrected chi connectivity index (χ0v) is 9.26. The van der Waals surface area contributed by atoms with Gasteiger partial charge in [0.25, 0.3) is 0 Å². The van der Waals surface area contributed by atoms with Crippen LogP contribution in [0.4, 0.5) is 4.39 Å². The molecule has 3 nitrogen and oxygen atoms in total. The van der Waals surface area contributed by atoms with Crippen LogP contribution in [0.15, 0.2) is 42.7 Å². The molecule has 0 saturated carbocycles. The third kappa shape index (κ3) is 1.58. The Bertz CT molecular complexity index is 674. The lowest BCUT2D eigenvalue weighted by Crippen LogP contribution is -1.98. The van der Waals surface area contributed by atoms with Crippen LogP contribution in [-0.4, -0.2) is 14.8 Å². The van der Waals surface area contributed by atoms with E-state index in [1.165, 1.54) is 6.07 Å². The van der Waals surface area contributed by atoms with E-state index in [0.29, 0.717) is 5.52 Å². The maximum absolute atomic E-state index is 13.7. The molecule has 1 aromatic carbocycles. The van der Waals surface area contributed by atoms with Gasteiger partial charge in [-0.05, 0) is 37.3 Å². The number of aryl methyl sites for hydroxylation is 1. The summed E-state index contributed by atoms with van der Waals surface area (Å²) in [4.78, 5) is 4.23. The molecule has 3 rings (SSSR count). The summed E-state index contributed by atoms with van der Waals surface area (Å²) in [6.45, 7) is 1.85. The fraction of sp³-hybridized carbons (Fsp3) is 0.0769. The molecule has 0 radical (unpaired) electrons. The highest BCUT2D eigenvalue weighted by molar-refractivity contribution is 5.87. The topological polar surface area (TPSA) is 30.7 Å². The predicted octanol–water partition coefficient (Wildman–Crippen LogP) is 2.87. The average Bonchev–Trinajstić information content (AvgIpc) is 2.84. The van der Waals surface area contributed by atoms with Crippen molar-refractivity contribution in [2.75, 3.05) is 0 Å². The van der Waals surface area contributed by atoms with Crippen LogP contribution in [0, 0.1) is 12.7 Å². The van der Waals surface area contributed by atoms with Crippen LogP contribution in [0.5, 0.6) is 0 Å². The van der Waals surface area contributed by atoms with Gasteiger partial charge in [0.2, 0.25) is 0 Å². The molecule has 0 amide bonds. The molecule has 0 aliphatic carbocycles. The molecular formula is C13H10FN3. The summed E-state index contributed by atoms with van der Waals surface area (Å²) in [5.74, 6) is -0.306. The first-order valence-electron chi connectivity index (χ1n) is 5.31. The summed E-state index contributed by atoms with van der Waals surface area (Å²) < 4.78 is 15.4. The summed E-state index contributed by atoms with van der Waals surface area (Å²) in [6, 6.07) is 8.71. The Hall–Kier alpha value is -2.23. The number of hydrogen-bond acceptors (Lipinski definition) is 2. The van der Waals surface area contributed by atoms with E-state index >= 15 is 0 Å². The van der Waals surface area contributed by atoms with Gasteiger partial charge in [0, 0.05) is 23.5 Å². The van der Waals surface area contributed by atoms with Crippen molar-refractivity contribution in [3.8, 4) is 5.69 Å². The first-order valence-corrected chi connectivity index (χ1v) is 5.31. The summed E-state index contributed by atoms with van der Waals surface area (Å²) in [5.41, 5.74) is 2.02. The quantitative estimate of drug-likeness (QED) is 0.640. The maximum Gasteiger partial charge on any atom is 0.149 e. The zero-order valence-electron chi connectivity index (χ0n) is 9.26. The molecule has 0 aliphatic heterocycles. The largest absolute Gasteiger partial charge is 0.250 e. The minimum absolute atomic E-state index is 0.306. The Balaban J connectivity index is 2.38. The van der Waals surface area contributed by atoms with Crippen LogP contribution >= 0.6 is 0 Å². The third-order valence-electron chi connectivity index (χ3n) is 2.68. The third-order valence-corrected chi connectivity index (χ3v) is 2.68. The number of aromatic nitrogens is 3. The van der Waals surface area contributed by atoms with Crippen molar-refractivity contribution in [3.05, 3.63) is 54.2 Å². The van der Waals surface area contributed by atoms with Crippen molar-refractivity contribution in [3.63, 3.8) is 0 Å². The van der Waals surface area contributed by atoms with E-state index in [-0.39, 0.29) is 5.82 Å². The Morgan fingerprint density at radius 1 is 1.18 bits per heavy atom. The van der Waals surface area contributed by atoms with Gasteiger partial charge in [0.05, 0.1) is 5.69 Å². The second-order valence-corrected chi connectivity index (χ2v) is 3.87. The van der Waals surface area contributed by atoms with Crippen LogP contribution in [0.2, 0.25) is 0 Å². The summed E-state index contributed by atoms with van der Waals surface area (Å²) in [6.07, 6.45) is 3.52. The first kappa shape index (κ1) is 9.96. The SMILES string of the molecule is Cc1ccc2c(-n3cccn3)ccc(F)c2n1. The van der Waals surface area contributed by atoms with Gasteiger partial charge < -0.3 is 0 Å². The van der Waals surface area contributed by atoms with Crippen molar-refractivity contribution in [1.29, 1.82) is 0 Å².